The van der Waals surface area contributed by atoms with Gasteiger partial charge in [-0.2, -0.15) is 0 Å². The third-order valence-electron chi connectivity index (χ3n) is 5.15. The maximum Gasteiger partial charge on any atom is 0.322 e. The van der Waals surface area contributed by atoms with Gasteiger partial charge in [-0.1, -0.05) is 42.5 Å². The largest absolute Gasteiger partial charge is 0.379 e. The number of benzene rings is 2. The van der Waals surface area contributed by atoms with Crippen molar-refractivity contribution in [3.63, 3.8) is 0 Å². The maximum atomic E-state index is 12.5. The van der Waals surface area contributed by atoms with Gasteiger partial charge in [0.2, 0.25) is 0 Å². The molecule has 1 N–H and O–H groups in total. The zero-order valence-corrected chi connectivity index (χ0v) is 15.0. The number of carbonyl (C=O) groups is 1. The number of ether oxygens (including phenoxy) is 1. The lowest BCUT2D eigenvalue weighted by Gasteiger charge is -2.32. The summed E-state index contributed by atoms with van der Waals surface area (Å²) in [6.45, 7) is 5.91. The molecule has 2 aromatic rings. The highest BCUT2D eigenvalue weighted by molar-refractivity contribution is 5.96. The maximum absolute atomic E-state index is 12.5. The van der Waals surface area contributed by atoms with Crippen LogP contribution in [-0.2, 0) is 11.3 Å². The summed E-state index contributed by atoms with van der Waals surface area (Å²) in [4.78, 5) is 16.8. The van der Waals surface area contributed by atoms with Gasteiger partial charge in [0.1, 0.15) is 0 Å². The van der Waals surface area contributed by atoms with Crippen molar-refractivity contribution in [1.29, 1.82) is 0 Å². The van der Waals surface area contributed by atoms with Crippen LogP contribution < -0.4 is 10.2 Å². The van der Waals surface area contributed by atoms with E-state index in [0.29, 0.717) is 6.54 Å². The molecule has 1 fully saturated rings. The van der Waals surface area contributed by atoms with E-state index in [4.69, 9.17) is 4.74 Å². The van der Waals surface area contributed by atoms with E-state index in [2.05, 4.69) is 52.7 Å². The molecule has 2 aliphatic rings. The molecule has 2 aromatic carbocycles. The normalized spacial score (nSPS) is 17.7. The number of amides is 2. The molecule has 0 radical (unpaired) electrons. The van der Waals surface area contributed by atoms with Crippen LogP contribution in [0.25, 0.3) is 11.1 Å². The van der Waals surface area contributed by atoms with Crippen molar-refractivity contribution in [3.05, 3.63) is 54.1 Å². The fourth-order valence-electron chi connectivity index (χ4n) is 3.77. The van der Waals surface area contributed by atoms with Gasteiger partial charge in [0.15, 0.2) is 0 Å². The van der Waals surface area contributed by atoms with Crippen LogP contribution in [0.5, 0.6) is 0 Å². The van der Waals surface area contributed by atoms with Crippen LogP contribution in [0.1, 0.15) is 12.0 Å². The molecule has 0 aromatic heterocycles. The first-order valence-electron chi connectivity index (χ1n) is 9.36. The van der Waals surface area contributed by atoms with Gasteiger partial charge in [-0.05, 0) is 23.6 Å². The first kappa shape index (κ1) is 17.1. The molecular formula is C21H25N3O2. The molecule has 2 aliphatic heterocycles. The molecule has 136 valence electrons. The number of rotatable bonds is 5. The summed E-state index contributed by atoms with van der Waals surface area (Å²) in [6, 6.07) is 16.6. The van der Waals surface area contributed by atoms with Crippen molar-refractivity contribution in [2.45, 2.75) is 13.0 Å². The molecule has 0 aliphatic carbocycles. The minimum atomic E-state index is 0.00434. The molecule has 0 bridgehead atoms. The Hall–Kier alpha value is -2.37. The molecule has 0 saturated carbocycles. The summed E-state index contributed by atoms with van der Waals surface area (Å²) in [5.41, 5.74) is 4.62. The van der Waals surface area contributed by atoms with E-state index in [1.807, 2.05) is 11.0 Å². The molecule has 1 saturated heterocycles. The van der Waals surface area contributed by atoms with Gasteiger partial charge >= 0.3 is 6.03 Å². The van der Waals surface area contributed by atoms with Crippen LogP contribution in [-0.4, -0.2) is 50.3 Å². The quantitative estimate of drug-likeness (QED) is 0.900. The van der Waals surface area contributed by atoms with E-state index < -0.39 is 0 Å². The first-order valence-corrected chi connectivity index (χ1v) is 9.36. The van der Waals surface area contributed by atoms with Gasteiger partial charge in [-0.25, -0.2) is 4.79 Å². The number of carbonyl (C=O) groups excluding carboxylic acids is 1. The Balaban J connectivity index is 1.51. The molecule has 2 amide bonds. The van der Waals surface area contributed by atoms with E-state index in [1.165, 1.54) is 16.7 Å². The molecule has 0 spiro atoms. The summed E-state index contributed by atoms with van der Waals surface area (Å²) in [5.74, 6) is 0. The van der Waals surface area contributed by atoms with E-state index >= 15 is 0 Å². The number of nitrogens with one attached hydrogen (secondary N) is 1. The van der Waals surface area contributed by atoms with Crippen LogP contribution in [0.15, 0.2) is 48.5 Å². The molecule has 5 nitrogen and oxygen atoms in total. The number of anilines is 1. The number of urea groups is 1. The van der Waals surface area contributed by atoms with Crippen molar-refractivity contribution in [1.82, 2.24) is 10.2 Å². The van der Waals surface area contributed by atoms with Crippen LogP contribution in [0.4, 0.5) is 10.5 Å². The topological polar surface area (TPSA) is 44.8 Å². The second-order valence-electron chi connectivity index (χ2n) is 6.79. The average molecular weight is 351 g/mol. The third-order valence-corrected chi connectivity index (χ3v) is 5.15. The average Bonchev–Trinajstić information content (AvgIpc) is 2.70. The number of fused-ring (bicyclic) bond motifs is 1. The molecule has 0 atom stereocenters. The lowest BCUT2D eigenvalue weighted by Crippen LogP contribution is -2.46. The predicted molar refractivity (Wildman–Crippen MR) is 103 cm³/mol. The Morgan fingerprint density at radius 1 is 0.962 bits per heavy atom. The van der Waals surface area contributed by atoms with Gasteiger partial charge in [0.05, 0.1) is 18.9 Å². The van der Waals surface area contributed by atoms with Crippen molar-refractivity contribution >= 4 is 11.7 Å². The first-order chi connectivity index (χ1) is 12.8. The highest BCUT2D eigenvalue weighted by Crippen LogP contribution is 2.33. The fraction of sp³-hybridized carbons (Fsp3) is 0.381. The Bertz CT molecular complexity index is 757. The number of hydrogen-bond donors (Lipinski definition) is 1. The summed E-state index contributed by atoms with van der Waals surface area (Å²) < 4.78 is 5.40. The highest BCUT2D eigenvalue weighted by atomic mass is 16.5. The Morgan fingerprint density at radius 2 is 1.77 bits per heavy atom. The Morgan fingerprint density at radius 3 is 2.58 bits per heavy atom. The van der Waals surface area contributed by atoms with Crippen LogP contribution in [0.3, 0.4) is 0 Å². The van der Waals surface area contributed by atoms with E-state index in [-0.39, 0.29) is 6.03 Å². The molecule has 26 heavy (non-hydrogen) atoms. The summed E-state index contributed by atoms with van der Waals surface area (Å²) in [6.07, 6.45) is 0.961. The molecule has 0 unspecified atom stereocenters. The zero-order chi connectivity index (χ0) is 17.8. The fourth-order valence-corrected chi connectivity index (χ4v) is 3.77. The zero-order valence-electron chi connectivity index (χ0n) is 15.0. The van der Waals surface area contributed by atoms with Gasteiger partial charge in [0, 0.05) is 38.3 Å². The smallest absolute Gasteiger partial charge is 0.322 e. The standard InChI is InChI=1S/C21H25N3O2/c25-21-22-16-19-18(17-6-2-1-3-7-17)8-4-9-20(19)24(21)11-5-10-23-12-14-26-15-13-23/h1-4,6-9H,5,10-16H2,(H,22,25). The summed E-state index contributed by atoms with van der Waals surface area (Å²) in [7, 11) is 0. The SMILES string of the molecule is O=C1NCc2c(-c3ccccc3)cccc2N1CCCN1CCOCC1. The minimum Gasteiger partial charge on any atom is -0.379 e. The van der Waals surface area contributed by atoms with Gasteiger partial charge in [-0.15, -0.1) is 0 Å². The molecule has 2 heterocycles. The van der Waals surface area contributed by atoms with Crippen molar-refractivity contribution in [2.75, 3.05) is 44.3 Å². The lowest BCUT2D eigenvalue weighted by atomic mass is 9.96. The van der Waals surface area contributed by atoms with Gasteiger partial charge in [-0.3, -0.25) is 9.80 Å². The van der Waals surface area contributed by atoms with E-state index in [9.17, 15) is 4.79 Å². The summed E-state index contributed by atoms with van der Waals surface area (Å²) in [5, 5.41) is 3.04. The van der Waals surface area contributed by atoms with E-state index in [0.717, 1.165) is 51.5 Å². The molecular weight excluding hydrogens is 326 g/mol. The molecule has 5 heteroatoms. The Kier molecular flexibility index (Phi) is 5.18. The lowest BCUT2D eigenvalue weighted by molar-refractivity contribution is 0.0377. The predicted octanol–water partition coefficient (Wildman–Crippen LogP) is 3.11. The van der Waals surface area contributed by atoms with Crippen molar-refractivity contribution < 1.29 is 9.53 Å². The monoisotopic (exact) mass is 351 g/mol. The van der Waals surface area contributed by atoms with Crippen molar-refractivity contribution in [3.8, 4) is 11.1 Å². The highest BCUT2D eigenvalue weighted by Gasteiger charge is 2.25. The second kappa shape index (κ2) is 7.89. The van der Waals surface area contributed by atoms with E-state index in [1.54, 1.807) is 0 Å². The number of morpholine rings is 1. The van der Waals surface area contributed by atoms with Gasteiger partial charge < -0.3 is 10.1 Å². The van der Waals surface area contributed by atoms with Gasteiger partial charge in [0.25, 0.3) is 0 Å². The molecule has 4 rings (SSSR count). The van der Waals surface area contributed by atoms with Crippen molar-refractivity contribution in [2.24, 2.45) is 0 Å². The minimum absolute atomic E-state index is 0.00434. The summed E-state index contributed by atoms with van der Waals surface area (Å²) >= 11 is 0. The third kappa shape index (κ3) is 3.59. The second-order valence-corrected chi connectivity index (χ2v) is 6.79. The number of nitrogens with zero attached hydrogens (tertiary/aromatic N) is 2. The Labute approximate surface area is 154 Å². The van der Waals surface area contributed by atoms with Crippen LogP contribution in [0, 0.1) is 0 Å². The number of hydrogen-bond acceptors (Lipinski definition) is 3. The van der Waals surface area contributed by atoms with Crippen LogP contribution >= 0.6 is 0 Å². The van der Waals surface area contributed by atoms with Crippen LogP contribution in [0.2, 0.25) is 0 Å².